The summed E-state index contributed by atoms with van der Waals surface area (Å²) in [5.41, 5.74) is 5.45. The predicted molar refractivity (Wildman–Crippen MR) is 155 cm³/mol. The van der Waals surface area contributed by atoms with Crippen molar-refractivity contribution >= 4 is 21.0 Å². The molecular weight excluding hydrogens is 510 g/mol. The number of nitrogens with zero attached hydrogens (tertiary/aromatic N) is 1. The molecule has 2 aliphatic heterocycles. The van der Waals surface area contributed by atoms with E-state index in [0.29, 0.717) is 18.4 Å². The Hall–Kier alpha value is -3.29. The molecule has 0 aliphatic carbocycles. The number of hydrogen-bond acceptors (Lipinski definition) is 6. The zero-order chi connectivity index (χ0) is 27.9. The van der Waals surface area contributed by atoms with E-state index < -0.39 is 15.9 Å². The number of aryl methyl sites for hydroxylation is 1. The second-order valence-electron chi connectivity index (χ2n) is 11.1. The van der Waals surface area contributed by atoms with Crippen LogP contribution in [0.3, 0.4) is 0 Å². The van der Waals surface area contributed by atoms with E-state index in [1.54, 1.807) is 30.3 Å². The summed E-state index contributed by atoms with van der Waals surface area (Å²) in [6.45, 7) is 11.3. The van der Waals surface area contributed by atoms with Crippen LogP contribution in [0.5, 0.6) is 17.2 Å². The number of phenolic OH excluding ortho intramolecular Hbond substituents is 1. The molecule has 2 aliphatic rings. The fourth-order valence-corrected chi connectivity index (χ4v) is 6.32. The Morgan fingerprint density at radius 2 is 1.79 bits per heavy atom. The summed E-state index contributed by atoms with van der Waals surface area (Å²) >= 11 is 0. The van der Waals surface area contributed by atoms with Crippen LogP contribution in [-0.2, 0) is 9.84 Å². The summed E-state index contributed by atoms with van der Waals surface area (Å²) in [6.07, 6.45) is 2.05. The van der Waals surface area contributed by atoms with Crippen LogP contribution in [0.4, 0.5) is 0 Å². The lowest BCUT2D eigenvalue weighted by Crippen LogP contribution is -2.35. The zero-order valence-electron chi connectivity index (χ0n) is 23.3. The maximum absolute atomic E-state index is 12.2. The third-order valence-corrected chi connectivity index (χ3v) is 9.06. The first-order valence-corrected chi connectivity index (χ1v) is 15.4. The van der Waals surface area contributed by atoms with Crippen LogP contribution >= 0.6 is 0 Å². The van der Waals surface area contributed by atoms with Crippen molar-refractivity contribution in [2.75, 3.05) is 26.0 Å². The summed E-state index contributed by atoms with van der Waals surface area (Å²) in [5, 5.41) is 10.2. The van der Waals surface area contributed by atoms with Gasteiger partial charge in [-0.25, -0.2) is 8.42 Å². The Morgan fingerprint density at radius 1 is 1.05 bits per heavy atom. The van der Waals surface area contributed by atoms with Crippen LogP contribution in [0.15, 0.2) is 65.6 Å². The number of hydrogen-bond donors (Lipinski definition) is 1. The molecule has 3 atom stereocenters. The molecular formula is C32H37NO5S. The summed E-state index contributed by atoms with van der Waals surface area (Å²) in [6, 6.07) is 18.7. The van der Waals surface area contributed by atoms with Crippen LogP contribution in [0.2, 0.25) is 0 Å². The minimum absolute atomic E-state index is 0.165. The van der Waals surface area contributed by atoms with E-state index in [2.05, 4.69) is 18.7 Å². The van der Waals surface area contributed by atoms with E-state index in [1.165, 1.54) is 12.7 Å². The largest absolute Gasteiger partial charge is 0.508 e. The smallest absolute Gasteiger partial charge is 0.175 e. The molecule has 0 bridgehead atoms. The second kappa shape index (κ2) is 10.7. The molecule has 1 fully saturated rings. The van der Waals surface area contributed by atoms with Crippen molar-refractivity contribution in [1.29, 1.82) is 0 Å². The minimum atomic E-state index is -3.33. The van der Waals surface area contributed by atoms with Gasteiger partial charge in [-0.05, 0) is 104 Å². The van der Waals surface area contributed by atoms with Gasteiger partial charge in [0.2, 0.25) is 0 Å². The second-order valence-corrected chi connectivity index (χ2v) is 13.1. The van der Waals surface area contributed by atoms with Gasteiger partial charge in [-0.1, -0.05) is 25.1 Å². The van der Waals surface area contributed by atoms with Crippen molar-refractivity contribution in [3.8, 4) is 17.2 Å². The lowest BCUT2D eigenvalue weighted by molar-refractivity contribution is 0.169. The number of likely N-dealkylation sites (tertiary alicyclic amines) is 1. The highest BCUT2D eigenvalue weighted by molar-refractivity contribution is 7.90. The van der Waals surface area contributed by atoms with Gasteiger partial charge >= 0.3 is 0 Å². The van der Waals surface area contributed by atoms with Crippen LogP contribution in [0.25, 0.3) is 11.1 Å². The molecule has 5 rings (SSSR count). The molecule has 3 aromatic carbocycles. The van der Waals surface area contributed by atoms with Gasteiger partial charge in [-0.2, -0.15) is 0 Å². The summed E-state index contributed by atoms with van der Waals surface area (Å²) < 4.78 is 37.0. The first kappa shape index (κ1) is 27.3. The normalized spacial score (nSPS) is 20.4. The Bertz CT molecular complexity index is 1510. The van der Waals surface area contributed by atoms with E-state index in [-0.39, 0.29) is 10.6 Å². The van der Waals surface area contributed by atoms with Gasteiger partial charge in [-0.3, -0.25) is 4.90 Å². The van der Waals surface area contributed by atoms with E-state index in [0.717, 1.165) is 58.2 Å². The SMILES string of the molecule is CC1=C(c2ccc(S(C)(=O)=O)cc2C)C(c2ccc(OC[C@H](C)N3CC[C@@H](C)C3)cc2)Oc2ccc(O)cc21. The van der Waals surface area contributed by atoms with Crippen LogP contribution < -0.4 is 9.47 Å². The van der Waals surface area contributed by atoms with E-state index in [1.807, 2.05) is 44.2 Å². The van der Waals surface area contributed by atoms with Gasteiger partial charge in [-0.15, -0.1) is 0 Å². The first-order chi connectivity index (χ1) is 18.5. The number of benzene rings is 3. The number of rotatable bonds is 7. The number of fused-ring (bicyclic) bond motifs is 1. The van der Waals surface area contributed by atoms with Gasteiger partial charge in [0.05, 0.1) is 4.90 Å². The molecule has 0 aromatic heterocycles. The molecule has 1 saturated heterocycles. The van der Waals surface area contributed by atoms with E-state index in [4.69, 9.17) is 9.47 Å². The molecule has 7 heteroatoms. The van der Waals surface area contributed by atoms with Crippen LogP contribution in [-0.4, -0.2) is 50.4 Å². The highest BCUT2D eigenvalue weighted by Gasteiger charge is 2.31. The number of aromatic hydroxyl groups is 1. The van der Waals surface area contributed by atoms with Gasteiger partial charge in [0.25, 0.3) is 0 Å². The average Bonchev–Trinajstić information content (AvgIpc) is 3.34. The fourth-order valence-electron chi connectivity index (χ4n) is 5.62. The third kappa shape index (κ3) is 5.70. The maximum Gasteiger partial charge on any atom is 0.175 e. The number of allylic oxidation sites excluding steroid dienone is 1. The van der Waals surface area contributed by atoms with Gasteiger partial charge in [0.15, 0.2) is 9.84 Å². The summed E-state index contributed by atoms with van der Waals surface area (Å²) in [4.78, 5) is 2.77. The molecule has 206 valence electrons. The molecule has 1 unspecified atom stereocenters. The van der Waals surface area contributed by atoms with Crippen molar-refractivity contribution in [2.45, 2.75) is 51.2 Å². The van der Waals surface area contributed by atoms with Crippen molar-refractivity contribution in [1.82, 2.24) is 4.90 Å². The van der Waals surface area contributed by atoms with Crippen molar-refractivity contribution < 1.29 is 23.0 Å². The van der Waals surface area contributed by atoms with Gasteiger partial charge < -0.3 is 14.6 Å². The highest BCUT2D eigenvalue weighted by Crippen LogP contribution is 2.48. The summed E-state index contributed by atoms with van der Waals surface area (Å²) in [5.74, 6) is 2.42. The fraction of sp³-hybridized carbons (Fsp3) is 0.375. The average molecular weight is 548 g/mol. The molecule has 0 radical (unpaired) electrons. The molecule has 0 spiro atoms. The standard InChI is InChI=1S/C32H37NO5S/c1-20-14-15-33(18-20)22(3)19-37-26-9-6-24(7-10-26)32-31(23(4)29-17-25(34)8-13-30(29)38-32)28-12-11-27(16-21(28)2)39(5,35)36/h6-13,16-17,20,22,32,34H,14-15,18-19H2,1-5H3/t20-,22+,32?/m1/s1. The number of ether oxygens (including phenoxy) is 2. The molecule has 3 aromatic rings. The summed E-state index contributed by atoms with van der Waals surface area (Å²) in [7, 11) is -3.33. The molecule has 0 amide bonds. The van der Waals surface area contributed by atoms with Crippen molar-refractivity contribution in [3.05, 3.63) is 82.9 Å². The van der Waals surface area contributed by atoms with Crippen LogP contribution in [0, 0.1) is 12.8 Å². The lowest BCUT2D eigenvalue weighted by atomic mass is 9.84. The first-order valence-electron chi connectivity index (χ1n) is 13.5. The minimum Gasteiger partial charge on any atom is -0.508 e. The molecule has 39 heavy (non-hydrogen) atoms. The quantitative estimate of drug-likeness (QED) is 0.375. The predicted octanol–water partition coefficient (Wildman–Crippen LogP) is 6.28. The Kier molecular flexibility index (Phi) is 7.49. The molecule has 1 N–H and O–H groups in total. The Morgan fingerprint density at radius 3 is 2.44 bits per heavy atom. The Labute approximate surface area is 231 Å². The van der Waals surface area contributed by atoms with Crippen LogP contribution in [0.1, 0.15) is 55.5 Å². The Balaban J connectivity index is 1.46. The van der Waals surface area contributed by atoms with Crippen molar-refractivity contribution in [2.24, 2.45) is 5.92 Å². The molecule has 2 heterocycles. The van der Waals surface area contributed by atoms with Crippen molar-refractivity contribution in [3.63, 3.8) is 0 Å². The molecule has 6 nitrogen and oxygen atoms in total. The number of phenols is 1. The monoisotopic (exact) mass is 547 g/mol. The third-order valence-electron chi connectivity index (χ3n) is 7.95. The van der Waals surface area contributed by atoms with E-state index >= 15 is 0 Å². The topological polar surface area (TPSA) is 76.1 Å². The zero-order valence-corrected chi connectivity index (χ0v) is 24.1. The maximum atomic E-state index is 12.2. The van der Waals surface area contributed by atoms with Gasteiger partial charge in [0.1, 0.15) is 30.0 Å². The molecule has 0 saturated carbocycles. The van der Waals surface area contributed by atoms with E-state index in [9.17, 15) is 13.5 Å². The lowest BCUT2D eigenvalue weighted by Gasteiger charge is -2.32. The highest BCUT2D eigenvalue weighted by atomic mass is 32.2. The van der Waals surface area contributed by atoms with Gasteiger partial charge in [0, 0.05) is 30.0 Å². The number of sulfone groups is 1.